The molecule has 0 N–H and O–H groups in total. The molecule has 20 heavy (non-hydrogen) atoms. The van der Waals surface area contributed by atoms with Crippen molar-refractivity contribution >= 4 is 49.6 Å². The van der Waals surface area contributed by atoms with E-state index < -0.39 is 0 Å². The second-order valence-electron chi connectivity index (χ2n) is 4.71. The Balaban J connectivity index is 2.17. The summed E-state index contributed by atoms with van der Waals surface area (Å²) < 4.78 is 1.11. The van der Waals surface area contributed by atoms with E-state index >= 15 is 0 Å². The minimum absolute atomic E-state index is 0.0806. The molecule has 1 heterocycles. The fourth-order valence-electron chi connectivity index (χ4n) is 2.51. The fraction of sp³-hybridized carbons (Fsp3) is 0.176. The summed E-state index contributed by atoms with van der Waals surface area (Å²) in [7, 11) is 0. The largest absolute Gasteiger partial charge is 0.147 e. The average Bonchev–Trinajstić information content (AvgIpc) is 2.96. The van der Waals surface area contributed by atoms with E-state index in [0.717, 1.165) is 10.9 Å². The number of rotatable bonds is 3. The first-order valence-corrected chi connectivity index (χ1v) is 8.70. The van der Waals surface area contributed by atoms with Crippen molar-refractivity contribution in [3.63, 3.8) is 0 Å². The van der Waals surface area contributed by atoms with Gasteiger partial charge in [0.15, 0.2) is 0 Å². The molecule has 0 aliphatic rings. The van der Waals surface area contributed by atoms with Gasteiger partial charge in [-0.2, -0.15) is 0 Å². The Morgan fingerprint density at radius 3 is 2.60 bits per heavy atom. The summed E-state index contributed by atoms with van der Waals surface area (Å²) in [6.45, 7) is 2.18. The first-order valence-electron chi connectivity index (χ1n) is 6.60. The van der Waals surface area contributed by atoms with Gasteiger partial charge in [0.1, 0.15) is 0 Å². The molecule has 102 valence electrons. The number of hydrogen-bond acceptors (Lipinski definition) is 1. The lowest BCUT2D eigenvalue weighted by Crippen LogP contribution is -1.95. The van der Waals surface area contributed by atoms with E-state index in [0.29, 0.717) is 0 Å². The molecule has 0 radical (unpaired) electrons. The Bertz CT molecular complexity index is 748. The Hall–Kier alpha value is -0.830. The lowest BCUT2D eigenvalue weighted by Gasteiger charge is -2.14. The summed E-state index contributed by atoms with van der Waals surface area (Å²) in [5.41, 5.74) is 2.53. The van der Waals surface area contributed by atoms with Crippen LogP contribution in [0, 0.1) is 0 Å². The van der Waals surface area contributed by atoms with Crippen molar-refractivity contribution in [1.29, 1.82) is 0 Å². The van der Waals surface area contributed by atoms with Gasteiger partial charge in [-0.3, -0.25) is 0 Å². The molecular formula is C17H14BrClS. The summed E-state index contributed by atoms with van der Waals surface area (Å²) >= 11 is 12.1. The third kappa shape index (κ3) is 2.41. The van der Waals surface area contributed by atoms with Crippen molar-refractivity contribution in [2.75, 3.05) is 0 Å². The van der Waals surface area contributed by atoms with Gasteiger partial charge in [-0.1, -0.05) is 53.2 Å². The van der Waals surface area contributed by atoms with Crippen LogP contribution in [0.5, 0.6) is 0 Å². The summed E-state index contributed by atoms with van der Waals surface area (Å²) in [6, 6.07) is 14.8. The second-order valence-corrected chi connectivity index (χ2v) is 6.95. The summed E-state index contributed by atoms with van der Waals surface area (Å²) in [6.07, 6.45) is 1.02. The van der Waals surface area contributed by atoms with E-state index in [9.17, 15) is 0 Å². The number of aryl methyl sites for hydroxylation is 1. The van der Waals surface area contributed by atoms with Crippen molar-refractivity contribution in [1.82, 2.24) is 0 Å². The molecule has 1 atom stereocenters. The zero-order chi connectivity index (χ0) is 14.1. The highest BCUT2D eigenvalue weighted by molar-refractivity contribution is 9.10. The van der Waals surface area contributed by atoms with Gasteiger partial charge < -0.3 is 0 Å². The van der Waals surface area contributed by atoms with E-state index in [1.54, 1.807) is 11.3 Å². The van der Waals surface area contributed by atoms with Gasteiger partial charge in [-0.05, 0) is 45.8 Å². The highest BCUT2D eigenvalue weighted by Crippen LogP contribution is 2.39. The Morgan fingerprint density at radius 1 is 1.10 bits per heavy atom. The first-order chi connectivity index (χ1) is 9.72. The fourth-order valence-corrected chi connectivity index (χ4v) is 4.46. The first kappa shape index (κ1) is 14.1. The van der Waals surface area contributed by atoms with Crippen LogP contribution in [0.15, 0.2) is 52.3 Å². The number of halogens is 2. The smallest absolute Gasteiger partial charge is 0.0936 e. The zero-order valence-corrected chi connectivity index (χ0v) is 14.2. The predicted molar refractivity (Wildman–Crippen MR) is 93.0 cm³/mol. The molecule has 0 aliphatic carbocycles. The van der Waals surface area contributed by atoms with Crippen LogP contribution in [0.3, 0.4) is 0 Å². The van der Waals surface area contributed by atoms with Crippen molar-refractivity contribution in [3.8, 4) is 0 Å². The van der Waals surface area contributed by atoms with Crippen LogP contribution in [0.4, 0.5) is 0 Å². The topological polar surface area (TPSA) is 0 Å². The van der Waals surface area contributed by atoms with Crippen LogP contribution in [0.2, 0.25) is 0 Å². The third-order valence-electron chi connectivity index (χ3n) is 3.57. The normalized spacial score (nSPS) is 12.8. The molecule has 3 rings (SSSR count). The van der Waals surface area contributed by atoms with Gasteiger partial charge >= 0.3 is 0 Å². The number of alkyl halides is 1. The number of thiophene rings is 1. The quantitative estimate of drug-likeness (QED) is 0.461. The molecule has 3 heteroatoms. The minimum atomic E-state index is -0.0806. The van der Waals surface area contributed by atoms with Gasteiger partial charge in [-0.25, -0.2) is 0 Å². The zero-order valence-electron chi connectivity index (χ0n) is 11.1. The van der Waals surface area contributed by atoms with E-state index in [2.05, 4.69) is 70.7 Å². The molecule has 0 saturated heterocycles. The van der Waals surface area contributed by atoms with Crippen LogP contribution >= 0.6 is 38.9 Å². The number of benzene rings is 2. The predicted octanol–water partition coefficient (Wildman–Crippen LogP) is 6.55. The maximum atomic E-state index is 6.78. The number of hydrogen-bond donors (Lipinski definition) is 0. The Morgan fingerprint density at radius 2 is 1.85 bits per heavy atom. The monoisotopic (exact) mass is 364 g/mol. The summed E-state index contributed by atoms with van der Waals surface area (Å²) in [5, 5.41) is 4.48. The standard InChI is InChI=1S/C17H14BrClS/c1-2-11-9-10-20-17(11)16(19)14-7-8-15(18)13-6-4-3-5-12(13)14/h3-10,16H,2H2,1H3. The molecule has 1 unspecified atom stereocenters. The van der Waals surface area contributed by atoms with Gasteiger partial charge in [0.25, 0.3) is 0 Å². The van der Waals surface area contributed by atoms with Gasteiger partial charge in [0, 0.05) is 9.35 Å². The maximum Gasteiger partial charge on any atom is 0.0936 e. The number of fused-ring (bicyclic) bond motifs is 1. The Labute approximate surface area is 136 Å². The molecule has 0 saturated carbocycles. The molecule has 0 amide bonds. The maximum absolute atomic E-state index is 6.78. The van der Waals surface area contributed by atoms with Crippen molar-refractivity contribution in [2.45, 2.75) is 18.7 Å². The molecule has 0 spiro atoms. The van der Waals surface area contributed by atoms with Crippen LogP contribution < -0.4 is 0 Å². The molecule has 0 fully saturated rings. The third-order valence-corrected chi connectivity index (χ3v) is 5.87. The van der Waals surface area contributed by atoms with E-state index in [1.807, 2.05) is 0 Å². The summed E-state index contributed by atoms with van der Waals surface area (Å²) in [4.78, 5) is 1.27. The molecule has 1 aromatic heterocycles. The SMILES string of the molecule is CCc1ccsc1C(Cl)c1ccc(Br)c2ccccc12. The van der Waals surface area contributed by atoms with E-state index in [1.165, 1.54) is 26.8 Å². The minimum Gasteiger partial charge on any atom is -0.147 e. The molecule has 0 bridgehead atoms. The van der Waals surface area contributed by atoms with Crippen LogP contribution in [0.1, 0.15) is 28.3 Å². The Kier molecular flexibility index (Phi) is 4.16. The molecule has 0 nitrogen and oxygen atoms in total. The van der Waals surface area contributed by atoms with Crippen LogP contribution in [-0.2, 0) is 6.42 Å². The summed E-state index contributed by atoms with van der Waals surface area (Å²) in [5.74, 6) is 0. The lowest BCUT2D eigenvalue weighted by molar-refractivity contribution is 1.08. The lowest BCUT2D eigenvalue weighted by atomic mass is 9.99. The average molecular weight is 366 g/mol. The highest BCUT2D eigenvalue weighted by atomic mass is 79.9. The molecule has 3 aromatic rings. The molecule has 2 aromatic carbocycles. The van der Waals surface area contributed by atoms with Gasteiger partial charge in [0.2, 0.25) is 0 Å². The molecule has 0 aliphatic heterocycles. The van der Waals surface area contributed by atoms with Gasteiger partial charge in [-0.15, -0.1) is 22.9 Å². The van der Waals surface area contributed by atoms with E-state index in [4.69, 9.17) is 11.6 Å². The van der Waals surface area contributed by atoms with Gasteiger partial charge in [0.05, 0.1) is 5.38 Å². The van der Waals surface area contributed by atoms with Crippen LogP contribution in [-0.4, -0.2) is 0 Å². The highest BCUT2D eigenvalue weighted by Gasteiger charge is 2.18. The van der Waals surface area contributed by atoms with Crippen molar-refractivity contribution < 1.29 is 0 Å². The van der Waals surface area contributed by atoms with E-state index in [-0.39, 0.29) is 5.38 Å². The van der Waals surface area contributed by atoms with Crippen molar-refractivity contribution in [2.24, 2.45) is 0 Å². The van der Waals surface area contributed by atoms with Crippen molar-refractivity contribution in [3.05, 3.63) is 68.3 Å². The second kappa shape index (κ2) is 5.88. The van der Waals surface area contributed by atoms with Crippen LogP contribution in [0.25, 0.3) is 10.8 Å². The molecular weight excluding hydrogens is 352 g/mol.